The largest absolute Gasteiger partial charge is 0.349 e. The Kier molecular flexibility index (Phi) is 5.95. The van der Waals surface area contributed by atoms with Crippen LogP contribution in [0.25, 0.3) is 16.9 Å². The molecule has 6 heteroatoms. The minimum Gasteiger partial charge on any atom is -0.349 e. The molecule has 4 aromatic rings. The fourth-order valence-corrected chi connectivity index (χ4v) is 3.86. The summed E-state index contributed by atoms with van der Waals surface area (Å²) in [6, 6.07) is 27.3. The predicted octanol–water partition coefficient (Wildman–Crippen LogP) is 4.70. The second kappa shape index (κ2) is 9.35. The third-order valence-corrected chi connectivity index (χ3v) is 5.91. The van der Waals surface area contributed by atoms with Crippen molar-refractivity contribution in [2.75, 3.05) is 7.05 Å². The Morgan fingerprint density at radius 2 is 1.59 bits per heavy atom. The first-order valence-corrected chi connectivity index (χ1v) is 11.4. The van der Waals surface area contributed by atoms with E-state index >= 15 is 0 Å². The number of rotatable bonds is 7. The molecule has 1 heterocycles. The summed E-state index contributed by atoms with van der Waals surface area (Å²) < 4.78 is 1.75. The number of nitrogens with zero attached hydrogens (tertiary/aromatic N) is 3. The molecule has 1 fully saturated rings. The maximum absolute atomic E-state index is 13.5. The second-order valence-corrected chi connectivity index (χ2v) is 8.64. The molecule has 1 aliphatic carbocycles. The van der Waals surface area contributed by atoms with E-state index in [2.05, 4.69) is 5.32 Å². The molecule has 0 unspecified atom stereocenters. The number of hydrogen-bond donors (Lipinski definition) is 1. The van der Waals surface area contributed by atoms with Crippen molar-refractivity contribution >= 4 is 11.8 Å². The summed E-state index contributed by atoms with van der Waals surface area (Å²) >= 11 is 0. The highest BCUT2D eigenvalue weighted by Gasteiger charge is 2.24. The summed E-state index contributed by atoms with van der Waals surface area (Å²) in [5, 5.41) is 7.74. The average Bonchev–Trinajstić information content (AvgIpc) is 3.58. The van der Waals surface area contributed by atoms with E-state index in [4.69, 9.17) is 5.10 Å². The standard InChI is InChI=1S/C28H26N4O2/c1-31(18-20-12-14-22(15-13-20)27(33)29-23-16-17-23)28(34)25-19-32(24-10-6-3-7-11-24)30-26(25)21-8-4-2-5-9-21/h2-15,19,23H,16-18H2,1H3,(H,29,33). The Hall–Kier alpha value is -4.19. The number of para-hydroxylation sites is 1. The fraction of sp³-hybridized carbons (Fsp3) is 0.179. The van der Waals surface area contributed by atoms with Crippen molar-refractivity contribution in [1.82, 2.24) is 20.0 Å². The van der Waals surface area contributed by atoms with Crippen LogP contribution in [0.5, 0.6) is 0 Å². The van der Waals surface area contributed by atoms with Crippen LogP contribution in [-0.2, 0) is 6.54 Å². The van der Waals surface area contributed by atoms with Gasteiger partial charge in [0.15, 0.2) is 0 Å². The van der Waals surface area contributed by atoms with Gasteiger partial charge < -0.3 is 10.2 Å². The minimum absolute atomic E-state index is 0.0423. The van der Waals surface area contributed by atoms with E-state index in [0.717, 1.165) is 29.7 Å². The number of nitrogens with one attached hydrogen (secondary N) is 1. The van der Waals surface area contributed by atoms with Crippen molar-refractivity contribution in [3.8, 4) is 16.9 Å². The summed E-state index contributed by atoms with van der Waals surface area (Å²) in [6.07, 6.45) is 3.91. The molecule has 0 saturated heterocycles. The molecule has 0 aliphatic heterocycles. The van der Waals surface area contributed by atoms with Gasteiger partial charge in [-0.15, -0.1) is 0 Å². The SMILES string of the molecule is CN(Cc1ccc(C(=O)NC2CC2)cc1)C(=O)c1cn(-c2ccccc2)nc1-c1ccccc1. The molecular formula is C28H26N4O2. The maximum Gasteiger partial charge on any atom is 0.257 e. The highest BCUT2D eigenvalue weighted by Crippen LogP contribution is 2.25. The number of aromatic nitrogens is 2. The molecule has 0 radical (unpaired) electrons. The lowest BCUT2D eigenvalue weighted by Crippen LogP contribution is -2.27. The van der Waals surface area contributed by atoms with Gasteiger partial charge in [-0.25, -0.2) is 4.68 Å². The maximum atomic E-state index is 13.5. The first-order chi connectivity index (χ1) is 16.6. The van der Waals surface area contributed by atoms with Gasteiger partial charge in [0.25, 0.3) is 11.8 Å². The number of hydrogen-bond acceptors (Lipinski definition) is 3. The molecule has 1 N–H and O–H groups in total. The van der Waals surface area contributed by atoms with E-state index in [1.807, 2.05) is 84.9 Å². The van der Waals surface area contributed by atoms with Gasteiger partial charge in [-0.1, -0.05) is 60.7 Å². The lowest BCUT2D eigenvalue weighted by Gasteiger charge is -2.17. The Morgan fingerprint density at radius 1 is 0.941 bits per heavy atom. The number of carbonyl (C=O) groups excluding carboxylic acids is 2. The Labute approximate surface area is 198 Å². The van der Waals surface area contributed by atoms with Gasteiger partial charge in [-0.2, -0.15) is 5.10 Å². The van der Waals surface area contributed by atoms with Crippen molar-refractivity contribution < 1.29 is 9.59 Å². The summed E-state index contributed by atoms with van der Waals surface area (Å²) in [4.78, 5) is 27.4. The zero-order valence-corrected chi connectivity index (χ0v) is 19.0. The van der Waals surface area contributed by atoms with Crippen LogP contribution in [0.1, 0.15) is 39.1 Å². The van der Waals surface area contributed by atoms with E-state index in [0.29, 0.717) is 29.4 Å². The van der Waals surface area contributed by atoms with Crippen LogP contribution in [0.3, 0.4) is 0 Å². The Balaban J connectivity index is 1.37. The normalized spacial score (nSPS) is 12.9. The van der Waals surface area contributed by atoms with Gasteiger partial charge in [0.2, 0.25) is 0 Å². The molecule has 0 atom stereocenters. The van der Waals surface area contributed by atoms with Crippen LogP contribution >= 0.6 is 0 Å². The van der Waals surface area contributed by atoms with Gasteiger partial charge >= 0.3 is 0 Å². The summed E-state index contributed by atoms with van der Waals surface area (Å²) in [7, 11) is 1.78. The van der Waals surface area contributed by atoms with Gasteiger partial charge in [0.1, 0.15) is 5.69 Å². The van der Waals surface area contributed by atoms with Crippen molar-refractivity contribution in [3.05, 3.63) is 108 Å². The van der Waals surface area contributed by atoms with Gasteiger partial charge in [0, 0.05) is 37.0 Å². The van der Waals surface area contributed by atoms with Gasteiger partial charge in [-0.3, -0.25) is 9.59 Å². The fourth-order valence-electron chi connectivity index (χ4n) is 3.86. The van der Waals surface area contributed by atoms with Gasteiger partial charge in [-0.05, 0) is 42.7 Å². The molecule has 1 aliphatic rings. The van der Waals surface area contributed by atoms with E-state index in [-0.39, 0.29) is 11.8 Å². The summed E-state index contributed by atoms with van der Waals surface area (Å²) in [5.74, 6) is -0.157. The van der Waals surface area contributed by atoms with Crippen molar-refractivity contribution in [3.63, 3.8) is 0 Å². The van der Waals surface area contributed by atoms with E-state index < -0.39 is 0 Å². The molecule has 0 spiro atoms. The van der Waals surface area contributed by atoms with Gasteiger partial charge in [0.05, 0.1) is 11.3 Å². The second-order valence-electron chi connectivity index (χ2n) is 8.64. The zero-order valence-electron chi connectivity index (χ0n) is 19.0. The molecular weight excluding hydrogens is 424 g/mol. The highest BCUT2D eigenvalue weighted by atomic mass is 16.2. The minimum atomic E-state index is -0.114. The Bertz CT molecular complexity index is 1290. The third-order valence-electron chi connectivity index (χ3n) is 5.91. The molecule has 34 heavy (non-hydrogen) atoms. The number of benzene rings is 3. The van der Waals surface area contributed by atoms with Crippen LogP contribution in [0.15, 0.2) is 91.1 Å². The van der Waals surface area contributed by atoms with Crippen LogP contribution < -0.4 is 5.32 Å². The number of carbonyl (C=O) groups is 2. The smallest absolute Gasteiger partial charge is 0.257 e. The zero-order chi connectivity index (χ0) is 23.5. The summed E-state index contributed by atoms with van der Waals surface area (Å²) in [6.45, 7) is 0.425. The molecule has 0 bridgehead atoms. The molecule has 6 nitrogen and oxygen atoms in total. The van der Waals surface area contributed by atoms with Crippen molar-refractivity contribution in [2.45, 2.75) is 25.4 Å². The van der Waals surface area contributed by atoms with Crippen molar-refractivity contribution in [2.24, 2.45) is 0 Å². The molecule has 1 saturated carbocycles. The number of amides is 2. The summed E-state index contributed by atoms with van der Waals surface area (Å²) in [5.41, 5.74) is 4.56. The predicted molar refractivity (Wildman–Crippen MR) is 132 cm³/mol. The highest BCUT2D eigenvalue weighted by molar-refractivity contribution is 6.00. The first kappa shape index (κ1) is 21.6. The van der Waals surface area contributed by atoms with E-state index in [1.54, 1.807) is 22.8 Å². The quantitative estimate of drug-likeness (QED) is 0.444. The van der Waals surface area contributed by atoms with Crippen LogP contribution in [0, 0.1) is 0 Å². The van der Waals surface area contributed by atoms with Crippen molar-refractivity contribution in [1.29, 1.82) is 0 Å². The monoisotopic (exact) mass is 450 g/mol. The third kappa shape index (κ3) is 4.76. The van der Waals surface area contributed by atoms with E-state index in [1.165, 1.54) is 0 Å². The van der Waals surface area contributed by atoms with Crippen LogP contribution in [0.2, 0.25) is 0 Å². The van der Waals surface area contributed by atoms with E-state index in [9.17, 15) is 9.59 Å². The molecule has 3 aromatic carbocycles. The topological polar surface area (TPSA) is 67.2 Å². The molecule has 5 rings (SSSR count). The van der Waals surface area contributed by atoms with Crippen LogP contribution in [-0.4, -0.2) is 39.6 Å². The van der Waals surface area contributed by atoms with Crippen LogP contribution in [0.4, 0.5) is 0 Å². The Morgan fingerprint density at radius 3 is 2.24 bits per heavy atom. The molecule has 2 amide bonds. The lowest BCUT2D eigenvalue weighted by atomic mass is 10.1. The average molecular weight is 451 g/mol. The lowest BCUT2D eigenvalue weighted by molar-refractivity contribution is 0.0785. The first-order valence-electron chi connectivity index (χ1n) is 11.4. The molecule has 170 valence electrons. The molecule has 1 aromatic heterocycles.